The second-order valence-corrected chi connectivity index (χ2v) is 10.0. The number of sulfonamides is 1. The quantitative estimate of drug-likeness (QED) is 0.379. The molecule has 4 rings (SSSR count). The zero-order valence-electron chi connectivity index (χ0n) is 19.3. The molecule has 0 unspecified atom stereocenters. The third-order valence-corrected chi connectivity index (χ3v) is 7.32. The average molecular weight is 482 g/mol. The number of aromatic nitrogens is 2. The minimum Gasteiger partial charge on any atom is -0.467 e. The summed E-state index contributed by atoms with van der Waals surface area (Å²) in [6, 6.07) is 15.8. The summed E-state index contributed by atoms with van der Waals surface area (Å²) in [5.74, 6) is 1.19. The highest BCUT2D eigenvalue weighted by molar-refractivity contribution is 7.89. The molecule has 0 aliphatic carbocycles. The Bertz CT molecular complexity index is 1410. The van der Waals surface area contributed by atoms with Crippen molar-refractivity contribution in [2.24, 2.45) is 0 Å². The van der Waals surface area contributed by atoms with Crippen LogP contribution in [0.15, 0.2) is 70.2 Å². The van der Waals surface area contributed by atoms with Crippen LogP contribution in [0.4, 0.5) is 5.69 Å². The number of nitrogens with one attached hydrogen (secondary N) is 2. The molecule has 0 saturated heterocycles. The van der Waals surface area contributed by atoms with Crippen LogP contribution in [0.25, 0.3) is 11.0 Å². The fraction of sp³-hybridized carbons (Fsp3) is 0.250. The lowest BCUT2D eigenvalue weighted by molar-refractivity contribution is 0.0949. The summed E-state index contributed by atoms with van der Waals surface area (Å²) in [7, 11) is -0.550. The van der Waals surface area contributed by atoms with Crippen LogP contribution in [0.1, 0.15) is 28.9 Å². The van der Waals surface area contributed by atoms with Crippen molar-refractivity contribution in [3.8, 4) is 0 Å². The Hall–Kier alpha value is -3.63. The summed E-state index contributed by atoms with van der Waals surface area (Å²) in [6.45, 7) is 3.33. The molecule has 0 spiro atoms. The van der Waals surface area contributed by atoms with Gasteiger partial charge in [-0.05, 0) is 49.4 Å². The Kier molecular flexibility index (Phi) is 6.71. The van der Waals surface area contributed by atoms with E-state index in [0.717, 1.165) is 11.3 Å². The van der Waals surface area contributed by atoms with E-state index in [-0.39, 0.29) is 10.8 Å². The predicted octanol–water partition coefficient (Wildman–Crippen LogP) is 3.44. The SMILES string of the molecule is CCn1c(CNc2ccccc2C(=O)NCc2ccco2)nc2cc(S(=O)(=O)N(C)C)ccc21. The number of carbonyl (C=O) groups is 1. The van der Waals surface area contributed by atoms with Gasteiger partial charge in [-0.25, -0.2) is 17.7 Å². The normalized spacial score (nSPS) is 11.8. The molecule has 0 aliphatic heterocycles. The van der Waals surface area contributed by atoms with Gasteiger partial charge in [0, 0.05) is 26.3 Å². The lowest BCUT2D eigenvalue weighted by atomic mass is 10.1. The number of amides is 1. The van der Waals surface area contributed by atoms with Crippen LogP contribution in [0.5, 0.6) is 0 Å². The fourth-order valence-corrected chi connectivity index (χ4v) is 4.63. The van der Waals surface area contributed by atoms with Crippen molar-refractivity contribution >= 4 is 32.7 Å². The molecule has 34 heavy (non-hydrogen) atoms. The van der Waals surface area contributed by atoms with E-state index in [2.05, 4.69) is 15.6 Å². The van der Waals surface area contributed by atoms with Gasteiger partial charge in [0.2, 0.25) is 10.0 Å². The smallest absolute Gasteiger partial charge is 0.253 e. The number of carbonyl (C=O) groups excluding carboxylic acids is 1. The Balaban J connectivity index is 1.56. The second kappa shape index (κ2) is 9.70. The largest absolute Gasteiger partial charge is 0.467 e. The van der Waals surface area contributed by atoms with E-state index < -0.39 is 10.0 Å². The van der Waals surface area contributed by atoms with Crippen molar-refractivity contribution in [2.45, 2.75) is 31.5 Å². The van der Waals surface area contributed by atoms with Gasteiger partial charge in [-0.15, -0.1) is 0 Å². The van der Waals surface area contributed by atoms with Crippen LogP contribution < -0.4 is 10.6 Å². The number of rotatable bonds is 9. The predicted molar refractivity (Wildman–Crippen MR) is 130 cm³/mol. The Morgan fingerprint density at radius 1 is 1.09 bits per heavy atom. The molecule has 0 aliphatic rings. The number of hydrogen-bond donors (Lipinski definition) is 2. The van der Waals surface area contributed by atoms with Gasteiger partial charge in [0.25, 0.3) is 5.91 Å². The number of furan rings is 1. The van der Waals surface area contributed by atoms with Gasteiger partial charge in [-0.2, -0.15) is 0 Å². The van der Waals surface area contributed by atoms with E-state index in [0.29, 0.717) is 42.2 Å². The highest BCUT2D eigenvalue weighted by atomic mass is 32.2. The lowest BCUT2D eigenvalue weighted by Crippen LogP contribution is -2.23. The van der Waals surface area contributed by atoms with Crippen molar-refractivity contribution in [3.63, 3.8) is 0 Å². The molecule has 2 heterocycles. The Morgan fingerprint density at radius 3 is 2.59 bits per heavy atom. The van der Waals surface area contributed by atoms with Gasteiger partial charge < -0.3 is 19.6 Å². The zero-order valence-corrected chi connectivity index (χ0v) is 20.1. The van der Waals surface area contributed by atoms with Gasteiger partial charge in [0.1, 0.15) is 11.6 Å². The molecule has 0 fully saturated rings. The maximum atomic E-state index is 12.7. The number of anilines is 1. The maximum absolute atomic E-state index is 12.7. The molecule has 0 bridgehead atoms. The van der Waals surface area contributed by atoms with E-state index in [1.807, 2.05) is 23.6 Å². The third kappa shape index (κ3) is 4.68. The highest BCUT2D eigenvalue weighted by Gasteiger charge is 2.20. The molecule has 178 valence electrons. The summed E-state index contributed by atoms with van der Waals surface area (Å²) in [5, 5.41) is 6.17. The van der Waals surface area contributed by atoms with Crippen LogP contribution in [-0.4, -0.2) is 42.3 Å². The van der Waals surface area contributed by atoms with Gasteiger partial charge >= 0.3 is 0 Å². The second-order valence-electron chi connectivity index (χ2n) is 7.87. The first-order valence-corrected chi connectivity index (χ1v) is 12.3. The number of benzene rings is 2. The average Bonchev–Trinajstić information content (AvgIpc) is 3.48. The summed E-state index contributed by atoms with van der Waals surface area (Å²) in [5.41, 5.74) is 2.63. The Morgan fingerprint density at radius 2 is 1.88 bits per heavy atom. The van der Waals surface area contributed by atoms with Crippen LogP contribution in [0, 0.1) is 0 Å². The van der Waals surface area contributed by atoms with E-state index >= 15 is 0 Å². The number of nitrogens with zero attached hydrogens (tertiary/aromatic N) is 3. The number of para-hydroxylation sites is 1. The topological polar surface area (TPSA) is 109 Å². The first-order chi connectivity index (χ1) is 16.3. The molecule has 0 atom stereocenters. The monoisotopic (exact) mass is 481 g/mol. The number of hydrogen-bond acceptors (Lipinski definition) is 6. The van der Waals surface area contributed by atoms with E-state index in [4.69, 9.17) is 4.42 Å². The van der Waals surface area contributed by atoms with Gasteiger partial charge in [0.15, 0.2) is 0 Å². The fourth-order valence-electron chi connectivity index (χ4n) is 3.70. The van der Waals surface area contributed by atoms with Gasteiger partial charge in [0.05, 0.1) is 40.8 Å². The van der Waals surface area contributed by atoms with Crippen molar-refractivity contribution in [1.82, 2.24) is 19.2 Å². The molecule has 2 N–H and O–H groups in total. The minimum atomic E-state index is -3.55. The molecule has 9 nitrogen and oxygen atoms in total. The third-order valence-electron chi connectivity index (χ3n) is 5.51. The molecule has 1 amide bonds. The first kappa shape index (κ1) is 23.5. The number of aryl methyl sites for hydroxylation is 1. The Labute approximate surface area is 198 Å². The van der Waals surface area contributed by atoms with Gasteiger partial charge in [-0.3, -0.25) is 4.79 Å². The summed E-state index contributed by atoms with van der Waals surface area (Å²) < 4.78 is 33.5. The molecule has 0 radical (unpaired) electrons. The summed E-state index contributed by atoms with van der Waals surface area (Å²) in [4.78, 5) is 17.6. The van der Waals surface area contributed by atoms with Crippen molar-refractivity contribution in [3.05, 3.63) is 78.0 Å². The van der Waals surface area contributed by atoms with E-state index in [1.165, 1.54) is 18.4 Å². The summed E-state index contributed by atoms with van der Waals surface area (Å²) >= 11 is 0. The highest BCUT2D eigenvalue weighted by Crippen LogP contribution is 2.23. The molecular weight excluding hydrogens is 454 g/mol. The summed E-state index contributed by atoms with van der Waals surface area (Å²) in [6.07, 6.45) is 1.57. The molecule has 10 heteroatoms. The lowest BCUT2D eigenvalue weighted by Gasteiger charge is -2.13. The first-order valence-electron chi connectivity index (χ1n) is 10.9. The number of fused-ring (bicyclic) bond motifs is 1. The standard InChI is InChI=1S/C24H27N5O4S/c1-4-29-22-12-11-18(34(31,32)28(2)3)14-21(22)27-23(29)16-25-20-10-6-5-9-19(20)24(30)26-15-17-8-7-13-33-17/h5-14,25H,4,15-16H2,1-3H3,(H,26,30). The molecular formula is C24H27N5O4S. The van der Waals surface area contributed by atoms with Crippen molar-refractivity contribution in [1.29, 1.82) is 0 Å². The molecule has 2 aromatic carbocycles. The van der Waals surface area contributed by atoms with Crippen molar-refractivity contribution in [2.75, 3.05) is 19.4 Å². The van der Waals surface area contributed by atoms with Crippen LogP contribution in [-0.2, 0) is 29.7 Å². The van der Waals surface area contributed by atoms with Crippen LogP contribution in [0.2, 0.25) is 0 Å². The zero-order chi connectivity index (χ0) is 24.3. The molecule has 0 saturated carbocycles. The van der Waals surface area contributed by atoms with E-state index in [9.17, 15) is 13.2 Å². The van der Waals surface area contributed by atoms with Crippen molar-refractivity contribution < 1.29 is 17.6 Å². The number of imidazole rings is 1. The van der Waals surface area contributed by atoms with Crippen LogP contribution >= 0.6 is 0 Å². The maximum Gasteiger partial charge on any atom is 0.253 e. The van der Waals surface area contributed by atoms with Gasteiger partial charge in [-0.1, -0.05) is 12.1 Å². The molecule has 4 aromatic rings. The van der Waals surface area contributed by atoms with E-state index in [1.54, 1.807) is 48.7 Å². The van der Waals surface area contributed by atoms with Crippen LogP contribution in [0.3, 0.4) is 0 Å². The minimum absolute atomic E-state index is 0.198. The molecule has 2 aromatic heterocycles.